The van der Waals surface area contributed by atoms with Crippen molar-refractivity contribution in [2.24, 2.45) is 0 Å². The summed E-state index contributed by atoms with van der Waals surface area (Å²) in [5, 5.41) is 9.09. The number of fused-ring (bicyclic) bond motifs is 1. The first-order chi connectivity index (χ1) is 14.4. The Labute approximate surface area is 182 Å². The molecular formula is C27H24O2S. The summed E-state index contributed by atoms with van der Waals surface area (Å²) in [6.07, 6.45) is 7.56. The van der Waals surface area contributed by atoms with Crippen molar-refractivity contribution >= 4 is 34.8 Å². The number of aromatic carboxylic acids is 1. The molecule has 0 heterocycles. The molecule has 0 saturated carbocycles. The normalized spacial score (nSPS) is 14.9. The van der Waals surface area contributed by atoms with Crippen molar-refractivity contribution < 1.29 is 9.90 Å². The van der Waals surface area contributed by atoms with Crippen LogP contribution in [0.1, 0.15) is 52.9 Å². The third kappa shape index (κ3) is 4.27. The molecule has 3 aromatic carbocycles. The van der Waals surface area contributed by atoms with Gasteiger partial charge in [-0.05, 0) is 58.4 Å². The molecule has 4 rings (SSSR count). The second-order valence-electron chi connectivity index (χ2n) is 8.10. The zero-order valence-corrected chi connectivity index (χ0v) is 17.9. The molecule has 1 N–H and O–H groups in total. The second-order valence-corrected chi connectivity index (χ2v) is 9.22. The molecule has 3 aromatic rings. The van der Waals surface area contributed by atoms with Crippen LogP contribution in [0.2, 0.25) is 0 Å². The van der Waals surface area contributed by atoms with Gasteiger partial charge in [-0.25, -0.2) is 4.79 Å². The average molecular weight is 413 g/mol. The maximum absolute atomic E-state index is 11.1. The van der Waals surface area contributed by atoms with Crippen molar-refractivity contribution in [1.82, 2.24) is 0 Å². The van der Waals surface area contributed by atoms with E-state index in [1.54, 1.807) is 12.1 Å². The van der Waals surface area contributed by atoms with Crippen molar-refractivity contribution in [2.75, 3.05) is 0 Å². The van der Waals surface area contributed by atoms with Gasteiger partial charge in [0.05, 0.1) is 5.56 Å². The van der Waals surface area contributed by atoms with Crippen LogP contribution >= 0.6 is 11.8 Å². The van der Waals surface area contributed by atoms with Crippen LogP contribution in [0, 0.1) is 0 Å². The summed E-state index contributed by atoms with van der Waals surface area (Å²) in [7, 11) is 0. The molecule has 2 nitrogen and oxygen atoms in total. The minimum atomic E-state index is -0.905. The molecule has 150 valence electrons. The third-order valence-corrected chi connectivity index (χ3v) is 6.55. The molecule has 3 heteroatoms. The molecule has 0 amide bonds. The highest BCUT2D eigenvalue weighted by molar-refractivity contribution is 8.08. The van der Waals surface area contributed by atoms with Crippen LogP contribution in [0.15, 0.2) is 83.8 Å². The van der Waals surface area contributed by atoms with Gasteiger partial charge in [0, 0.05) is 9.80 Å². The van der Waals surface area contributed by atoms with Crippen LogP contribution in [-0.4, -0.2) is 11.1 Å². The number of carbonyl (C=O) groups is 1. The van der Waals surface area contributed by atoms with Gasteiger partial charge in [-0.1, -0.05) is 92.4 Å². The highest BCUT2D eigenvalue weighted by atomic mass is 32.2. The van der Waals surface area contributed by atoms with Crippen LogP contribution in [0.5, 0.6) is 0 Å². The number of carboxylic acid groups (broad SMARTS) is 1. The Kier molecular flexibility index (Phi) is 5.65. The molecule has 0 radical (unpaired) electrons. The molecule has 0 bridgehead atoms. The lowest BCUT2D eigenvalue weighted by atomic mass is 9.74. The lowest BCUT2D eigenvalue weighted by Gasteiger charge is -2.33. The van der Waals surface area contributed by atoms with Gasteiger partial charge in [0.15, 0.2) is 0 Å². The summed E-state index contributed by atoms with van der Waals surface area (Å²) >= 11 is 1.81. The van der Waals surface area contributed by atoms with Gasteiger partial charge in [-0.3, -0.25) is 0 Å². The van der Waals surface area contributed by atoms with Crippen molar-refractivity contribution in [2.45, 2.75) is 30.6 Å². The van der Waals surface area contributed by atoms with E-state index in [0.29, 0.717) is 5.56 Å². The predicted octanol–water partition coefficient (Wildman–Crippen LogP) is 7.37. The number of thioether (sulfide) groups is 1. The molecule has 0 spiro atoms. The average Bonchev–Trinajstić information content (AvgIpc) is 2.75. The van der Waals surface area contributed by atoms with E-state index < -0.39 is 5.97 Å². The lowest BCUT2D eigenvalue weighted by molar-refractivity contribution is 0.0697. The summed E-state index contributed by atoms with van der Waals surface area (Å²) in [6, 6.07) is 24.0. The van der Waals surface area contributed by atoms with Crippen LogP contribution < -0.4 is 0 Å². The van der Waals surface area contributed by atoms with Crippen LogP contribution in [0.25, 0.3) is 17.1 Å². The fraction of sp³-hybridized carbons (Fsp3) is 0.148. The Bertz CT molecular complexity index is 1120. The molecule has 0 unspecified atom stereocenters. The summed E-state index contributed by atoms with van der Waals surface area (Å²) in [5.41, 5.74) is 5.21. The van der Waals surface area contributed by atoms with E-state index in [9.17, 15) is 4.79 Å². The smallest absolute Gasteiger partial charge is 0.335 e. The summed E-state index contributed by atoms with van der Waals surface area (Å²) < 4.78 is 0. The maximum atomic E-state index is 11.1. The molecule has 1 aliphatic rings. The summed E-state index contributed by atoms with van der Waals surface area (Å²) in [6.45, 7) is 4.59. The summed E-state index contributed by atoms with van der Waals surface area (Å²) in [4.78, 5) is 13.6. The molecule has 30 heavy (non-hydrogen) atoms. The van der Waals surface area contributed by atoms with Crippen LogP contribution in [0.3, 0.4) is 0 Å². The maximum Gasteiger partial charge on any atom is 0.335 e. The van der Waals surface area contributed by atoms with Gasteiger partial charge >= 0.3 is 5.97 Å². The predicted molar refractivity (Wildman–Crippen MR) is 127 cm³/mol. The van der Waals surface area contributed by atoms with E-state index >= 15 is 0 Å². The molecule has 0 aliphatic heterocycles. The number of rotatable bonds is 5. The lowest BCUT2D eigenvalue weighted by Crippen LogP contribution is -2.21. The van der Waals surface area contributed by atoms with E-state index in [2.05, 4.69) is 68.5 Å². The number of hydrogen-bond acceptors (Lipinski definition) is 2. The molecular weight excluding hydrogens is 388 g/mol. The van der Waals surface area contributed by atoms with E-state index in [4.69, 9.17) is 5.11 Å². The Balaban J connectivity index is 1.71. The molecule has 0 saturated heterocycles. The number of carboxylic acids is 1. The first-order valence-corrected chi connectivity index (χ1v) is 10.8. The highest BCUT2D eigenvalue weighted by Crippen LogP contribution is 2.46. The minimum Gasteiger partial charge on any atom is -0.478 e. The van der Waals surface area contributed by atoms with Gasteiger partial charge < -0.3 is 5.11 Å². The van der Waals surface area contributed by atoms with Crippen molar-refractivity contribution in [3.63, 3.8) is 0 Å². The van der Waals surface area contributed by atoms with Gasteiger partial charge in [-0.2, -0.15) is 0 Å². The van der Waals surface area contributed by atoms with Gasteiger partial charge in [0.2, 0.25) is 0 Å². The highest BCUT2D eigenvalue weighted by Gasteiger charge is 2.29. The SMILES string of the molecule is CC1(C)CC=C(Sc2ccccc2)c2c(C=Cc3ccc(C(=O)O)cc3)cccc21. The first kappa shape index (κ1) is 20.2. The van der Waals surface area contributed by atoms with Crippen molar-refractivity contribution in [3.8, 4) is 0 Å². The Morgan fingerprint density at radius 1 is 0.933 bits per heavy atom. The third-order valence-electron chi connectivity index (χ3n) is 5.45. The standard InChI is InChI=1S/C27H24O2S/c1-27(2)18-17-24(30-22-8-4-3-5-9-22)25-20(7-6-10-23(25)27)14-11-19-12-15-21(16-13-19)26(28)29/h3-17H,18H2,1-2H3,(H,28,29). The second kappa shape index (κ2) is 8.37. The molecule has 0 atom stereocenters. The zero-order valence-electron chi connectivity index (χ0n) is 17.1. The van der Waals surface area contributed by atoms with Crippen molar-refractivity contribution in [3.05, 3.63) is 107 Å². The van der Waals surface area contributed by atoms with E-state index in [1.165, 1.54) is 26.5 Å². The quantitative estimate of drug-likeness (QED) is 0.445. The van der Waals surface area contributed by atoms with Gasteiger partial charge in [0.1, 0.15) is 0 Å². The van der Waals surface area contributed by atoms with Crippen LogP contribution in [-0.2, 0) is 5.41 Å². The Morgan fingerprint density at radius 2 is 1.67 bits per heavy atom. The number of benzene rings is 3. The van der Waals surface area contributed by atoms with Gasteiger partial charge in [-0.15, -0.1) is 0 Å². The van der Waals surface area contributed by atoms with E-state index in [1.807, 2.05) is 36.0 Å². The monoisotopic (exact) mass is 412 g/mol. The largest absolute Gasteiger partial charge is 0.478 e. The molecule has 1 aliphatic carbocycles. The Morgan fingerprint density at radius 3 is 2.37 bits per heavy atom. The molecule has 0 fully saturated rings. The molecule has 0 aromatic heterocycles. The fourth-order valence-electron chi connectivity index (χ4n) is 3.74. The first-order valence-electron chi connectivity index (χ1n) is 10.0. The Hall–Kier alpha value is -3.04. The minimum absolute atomic E-state index is 0.0864. The summed E-state index contributed by atoms with van der Waals surface area (Å²) in [5.74, 6) is -0.905. The van der Waals surface area contributed by atoms with E-state index in [0.717, 1.165) is 12.0 Å². The zero-order chi connectivity index (χ0) is 21.1. The number of allylic oxidation sites excluding steroid dienone is 1. The van der Waals surface area contributed by atoms with Crippen LogP contribution in [0.4, 0.5) is 0 Å². The fourth-order valence-corrected chi connectivity index (χ4v) is 4.78. The topological polar surface area (TPSA) is 37.3 Å². The van der Waals surface area contributed by atoms with E-state index in [-0.39, 0.29) is 5.41 Å². The van der Waals surface area contributed by atoms with Crippen molar-refractivity contribution in [1.29, 1.82) is 0 Å². The van der Waals surface area contributed by atoms with Gasteiger partial charge in [0.25, 0.3) is 0 Å². The number of hydrogen-bond donors (Lipinski definition) is 1.